The molecule has 0 aliphatic heterocycles. The first kappa shape index (κ1) is 14.1. The molecule has 1 aromatic rings. The van der Waals surface area contributed by atoms with Gasteiger partial charge in [0.15, 0.2) is 0 Å². The van der Waals surface area contributed by atoms with Crippen molar-refractivity contribution in [1.29, 1.82) is 0 Å². The van der Waals surface area contributed by atoms with Crippen LogP contribution in [0.15, 0.2) is 5.16 Å². The Hall–Kier alpha value is -0.990. The Morgan fingerprint density at radius 2 is 2.06 bits per heavy atom. The van der Waals surface area contributed by atoms with E-state index in [1.54, 1.807) is 0 Å². The maximum atomic E-state index is 11.3. The molecule has 0 fully saturated rings. The molecule has 0 saturated heterocycles. The Bertz CT molecular complexity index is 455. The van der Waals surface area contributed by atoms with E-state index in [0.717, 1.165) is 6.42 Å². The zero-order valence-corrected chi connectivity index (χ0v) is 10.9. The van der Waals surface area contributed by atoms with Gasteiger partial charge in [0, 0.05) is 19.6 Å². The van der Waals surface area contributed by atoms with Gasteiger partial charge in [-0.1, -0.05) is 6.92 Å². The second-order valence-corrected chi connectivity index (χ2v) is 5.00. The minimum Gasteiger partial charge on any atom is -0.381 e. The molecule has 0 radical (unpaired) electrons. The Morgan fingerprint density at radius 1 is 1.35 bits per heavy atom. The van der Waals surface area contributed by atoms with E-state index in [1.807, 2.05) is 13.8 Å². The van der Waals surface area contributed by atoms with Crippen LogP contribution in [0, 0.1) is 0 Å². The van der Waals surface area contributed by atoms with E-state index in [0.29, 0.717) is 32.0 Å². The van der Waals surface area contributed by atoms with Crippen LogP contribution in [0.25, 0.3) is 0 Å². The Balaban J connectivity index is 2.94. The zero-order valence-electron chi connectivity index (χ0n) is 10.1. The molecule has 0 atom stereocenters. The van der Waals surface area contributed by atoms with Gasteiger partial charge >= 0.3 is 0 Å². The van der Waals surface area contributed by atoms with Crippen molar-refractivity contribution < 1.29 is 13.2 Å². The largest absolute Gasteiger partial charge is 0.381 e. The lowest BCUT2D eigenvalue weighted by Gasteiger charge is -2.07. The molecule has 2 N–H and O–H groups in total. The first-order chi connectivity index (χ1) is 8.00. The average molecular weight is 262 g/mol. The normalized spacial score (nSPS) is 11.9. The molecule has 0 saturated carbocycles. The first-order valence-corrected chi connectivity index (χ1v) is 7.08. The quantitative estimate of drug-likeness (QED) is 0.692. The van der Waals surface area contributed by atoms with E-state index in [9.17, 15) is 8.42 Å². The first-order valence-electron chi connectivity index (χ1n) is 5.53. The van der Waals surface area contributed by atoms with Crippen LogP contribution in [0.4, 0.5) is 0 Å². The Kier molecular flexibility index (Phi) is 5.03. The number of hydrogen-bond donors (Lipinski definition) is 1. The molecule has 7 nitrogen and oxygen atoms in total. The highest BCUT2D eigenvalue weighted by molar-refractivity contribution is 7.89. The minimum atomic E-state index is -3.82. The van der Waals surface area contributed by atoms with Crippen molar-refractivity contribution in [3.05, 3.63) is 5.82 Å². The summed E-state index contributed by atoms with van der Waals surface area (Å²) in [5.74, 6) is 0.587. The SMILES string of the molecule is CCCn1c(CCOCC)nnc1S(N)(=O)=O. The van der Waals surface area contributed by atoms with Crippen LogP contribution >= 0.6 is 0 Å². The van der Waals surface area contributed by atoms with E-state index >= 15 is 0 Å². The minimum absolute atomic E-state index is 0.175. The summed E-state index contributed by atoms with van der Waals surface area (Å²) in [5, 5.41) is 12.4. The van der Waals surface area contributed by atoms with Crippen molar-refractivity contribution >= 4 is 10.0 Å². The number of primary sulfonamides is 1. The van der Waals surface area contributed by atoms with Crippen molar-refractivity contribution in [1.82, 2.24) is 14.8 Å². The molecule has 0 bridgehead atoms. The van der Waals surface area contributed by atoms with Crippen LogP contribution in [-0.2, 0) is 27.7 Å². The molecule has 0 aromatic carbocycles. The standard InChI is InChI=1S/C9H18N4O3S/c1-3-6-13-8(5-7-16-4-2)11-12-9(13)17(10,14)15/h3-7H2,1-2H3,(H2,10,14,15). The number of nitrogens with two attached hydrogens (primary N) is 1. The van der Waals surface area contributed by atoms with Gasteiger partial charge in [-0.05, 0) is 13.3 Å². The molecule has 0 spiro atoms. The number of aromatic nitrogens is 3. The molecule has 1 rings (SSSR count). The van der Waals surface area contributed by atoms with E-state index in [1.165, 1.54) is 4.57 Å². The monoisotopic (exact) mass is 262 g/mol. The molecule has 0 amide bonds. The molecule has 1 heterocycles. The van der Waals surface area contributed by atoms with Crippen LogP contribution in [0.1, 0.15) is 26.1 Å². The van der Waals surface area contributed by atoms with Gasteiger partial charge in [-0.3, -0.25) is 0 Å². The third-order valence-corrected chi connectivity index (χ3v) is 2.98. The second-order valence-electron chi connectivity index (χ2n) is 3.54. The third kappa shape index (κ3) is 3.76. The Morgan fingerprint density at radius 3 is 2.59 bits per heavy atom. The summed E-state index contributed by atoms with van der Waals surface area (Å²) in [6.07, 6.45) is 1.30. The summed E-state index contributed by atoms with van der Waals surface area (Å²) in [6.45, 7) is 5.47. The molecule has 0 unspecified atom stereocenters. The van der Waals surface area contributed by atoms with Crippen LogP contribution in [0.2, 0.25) is 0 Å². The van der Waals surface area contributed by atoms with Crippen molar-refractivity contribution in [2.75, 3.05) is 13.2 Å². The third-order valence-electron chi connectivity index (χ3n) is 2.17. The number of hydrogen-bond acceptors (Lipinski definition) is 5. The maximum Gasteiger partial charge on any atom is 0.273 e. The smallest absolute Gasteiger partial charge is 0.273 e. The zero-order chi connectivity index (χ0) is 12.9. The van der Waals surface area contributed by atoms with E-state index in [-0.39, 0.29) is 5.16 Å². The van der Waals surface area contributed by atoms with Crippen molar-refractivity contribution in [3.8, 4) is 0 Å². The van der Waals surface area contributed by atoms with Gasteiger partial charge in [-0.15, -0.1) is 10.2 Å². The van der Waals surface area contributed by atoms with Gasteiger partial charge in [0.1, 0.15) is 5.82 Å². The number of sulfonamides is 1. The maximum absolute atomic E-state index is 11.3. The highest BCUT2D eigenvalue weighted by atomic mass is 32.2. The number of rotatable bonds is 7. The summed E-state index contributed by atoms with van der Waals surface area (Å²) in [5.41, 5.74) is 0. The molecular formula is C9H18N4O3S. The van der Waals surface area contributed by atoms with Crippen LogP contribution in [0.3, 0.4) is 0 Å². The highest BCUT2D eigenvalue weighted by Crippen LogP contribution is 2.09. The van der Waals surface area contributed by atoms with E-state index < -0.39 is 10.0 Å². The lowest BCUT2D eigenvalue weighted by molar-refractivity contribution is 0.148. The molecular weight excluding hydrogens is 244 g/mol. The fourth-order valence-electron chi connectivity index (χ4n) is 1.47. The van der Waals surface area contributed by atoms with E-state index in [2.05, 4.69) is 10.2 Å². The summed E-state index contributed by atoms with van der Waals surface area (Å²) >= 11 is 0. The molecule has 0 aliphatic rings. The van der Waals surface area contributed by atoms with Crippen LogP contribution in [-0.4, -0.2) is 36.4 Å². The molecule has 17 heavy (non-hydrogen) atoms. The van der Waals surface area contributed by atoms with Gasteiger partial charge in [-0.25, -0.2) is 13.6 Å². The Labute approximate surface area is 101 Å². The summed E-state index contributed by atoms with van der Waals surface area (Å²) in [6, 6.07) is 0. The fourth-order valence-corrected chi connectivity index (χ4v) is 2.13. The highest BCUT2D eigenvalue weighted by Gasteiger charge is 2.20. The lowest BCUT2D eigenvalue weighted by Crippen LogP contribution is -2.20. The van der Waals surface area contributed by atoms with Gasteiger partial charge < -0.3 is 9.30 Å². The van der Waals surface area contributed by atoms with Gasteiger partial charge in [0.05, 0.1) is 6.61 Å². The molecule has 8 heteroatoms. The van der Waals surface area contributed by atoms with Crippen molar-refractivity contribution in [2.45, 2.75) is 38.4 Å². The summed E-state index contributed by atoms with van der Waals surface area (Å²) in [4.78, 5) is 0. The number of ether oxygens (including phenoxy) is 1. The lowest BCUT2D eigenvalue weighted by atomic mass is 10.4. The summed E-state index contributed by atoms with van der Waals surface area (Å²) in [7, 11) is -3.82. The second kappa shape index (κ2) is 6.08. The molecule has 1 aromatic heterocycles. The summed E-state index contributed by atoms with van der Waals surface area (Å²) < 4.78 is 29.3. The molecule has 0 aliphatic carbocycles. The van der Waals surface area contributed by atoms with E-state index in [4.69, 9.17) is 9.88 Å². The van der Waals surface area contributed by atoms with Crippen LogP contribution < -0.4 is 5.14 Å². The van der Waals surface area contributed by atoms with Gasteiger partial charge in [-0.2, -0.15) is 0 Å². The predicted molar refractivity (Wildman–Crippen MR) is 61.9 cm³/mol. The van der Waals surface area contributed by atoms with Crippen LogP contribution in [0.5, 0.6) is 0 Å². The number of nitrogens with zero attached hydrogens (tertiary/aromatic N) is 3. The average Bonchev–Trinajstić information content (AvgIpc) is 2.62. The predicted octanol–water partition coefficient (Wildman–Crippen LogP) is -0.0855. The van der Waals surface area contributed by atoms with Crippen molar-refractivity contribution in [3.63, 3.8) is 0 Å². The van der Waals surface area contributed by atoms with Crippen molar-refractivity contribution in [2.24, 2.45) is 5.14 Å². The fraction of sp³-hybridized carbons (Fsp3) is 0.778. The van der Waals surface area contributed by atoms with Gasteiger partial charge in [0.25, 0.3) is 15.2 Å². The molecule has 98 valence electrons. The van der Waals surface area contributed by atoms with Gasteiger partial charge in [0.2, 0.25) is 0 Å². The topological polar surface area (TPSA) is 100 Å².